The van der Waals surface area contributed by atoms with Gasteiger partial charge in [-0.05, 0) is 18.8 Å². The summed E-state index contributed by atoms with van der Waals surface area (Å²) in [6.45, 7) is 5.37. The number of anilines is 1. The fourth-order valence-electron chi connectivity index (χ4n) is 3.43. The minimum absolute atomic E-state index is 0.0599. The molecule has 2 amide bonds. The van der Waals surface area contributed by atoms with Crippen LogP contribution in [-0.4, -0.2) is 78.4 Å². The van der Waals surface area contributed by atoms with Crippen LogP contribution in [0.15, 0.2) is 16.7 Å². The zero-order valence-electron chi connectivity index (χ0n) is 20.2. The van der Waals surface area contributed by atoms with E-state index < -0.39 is 69.0 Å². The maximum atomic E-state index is 12.9. The molecule has 4 N–H and O–H groups in total. The number of nitro groups is 1. The number of hydrogen-bond acceptors (Lipinski definition) is 14. The Kier molecular flexibility index (Phi) is 7.98. The summed E-state index contributed by atoms with van der Waals surface area (Å²) in [6, 6.07) is -2.42. The van der Waals surface area contributed by atoms with E-state index >= 15 is 0 Å². The molecule has 4 atom stereocenters. The van der Waals surface area contributed by atoms with E-state index in [1.54, 1.807) is 0 Å². The van der Waals surface area contributed by atoms with Crippen LogP contribution in [0.3, 0.4) is 0 Å². The van der Waals surface area contributed by atoms with E-state index in [0.717, 1.165) is 22.1 Å². The number of nitrogen functional groups attached to an aromatic ring is 1. The number of ether oxygens (including phenoxy) is 1. The average Bonchev–Trinajstić information content (AvgIpc) is 3.42. The summed E-state index contributed by atoms with van der Waals surface area (Å²) in [5, 5.41) is 18.5. The summed E-state index contributed by atoms with van der Waals surface area (Å²) in [6.07, 6.45) is -1.55. The summed E-state index contributed by atoms with van der Waals surface area (Å²) in [7, 11) is -4.81. The molecule has 3 rings (SSSR count). The quantitative estimate of drug-likeness (QED) is 0.0811. The molecule has 0 aliphatic carbocycles. The standard InChI is InChI=1S/C18H22N8O10S2/c1-7-13(16(28)25(7)38(32,33)34)22-15(27)14(11-6-37-18(19)21-11)23-36-8(2)17(29)35-10(4)24-9(3)20-5-12(24)26(30)31/h5-8,10,13H,1-4H3,(H2,19,21)(H,22,27)(H,32,33,34)/b23-14-/t7-,8?,10?,13-/m0/s1. The Hall–Kier alpha value is -4.17. The van der Waals surface area contributed by atoms with Crippen LogP contribution < -0.4 is 11.1 Å². The van der Waals surface area contributed by atoms with E-state index in [1.165, 1.54) is 33.1 Å². The highest BCUT2D eigenvalue weighted by Gasteiger charge is 2.51. The van der Waals surface area contributed by atoms with Gasteiger partial charge in [-0.3, -0.25) is 14.1 Å². The zero-order chi connectivity index (χ0) is 28.5. The molecular weight excluding hydrogens is 552 g/mol. The third-order valence-electron chi connectivity index (χ3n) is 5.28. The van der Waals surface area contributed by atoms with E-state index in [-0.39, 0.29) is 21.0 Å². The Balaban J connectivity index is 1.74. The average molecular weight is 575 g/mol. The van der Waals surface area contributed by atoms with Gasteiger partial charge in [-0.1, -0.05) is 5.16 Å². The SMILES string of the molecule is Cc1ncc([N+](=O)[O-])n1C(C)OC(=O)C(C)O/N=C(\C(=O)N[C@@H]1C(=O)N(S(=O)(=O)O)[C@H]1C)c1csc(N)n1. The number of nitrogens with one attached hydrogen (secondary N) is 1. The number of β-lactam (4-membered cyclic amide) rings is 1. The number of carbonyl (C=O) groups is 3. The number of thiazole rings is 1. The van der Waals surface area contributed by atoms with Crippen LogP contribution >= 0.6 is 11.3 Å². The number of nitrogens with two attached hydrogens (primary N) is 1. The first kappa shape index (κ1) is 28.4. The fourth-order valence-corrected chi connectivity index (χ4v) is 4.86. The lowest BCUT2D eigenvalue weighted by Crippen LogP contribution is -2.71. The summed E-state index contributed by atoms with van der Waals surface area (Å²) in [4.78, 5) is 60.9. The van der Waals surface area contributed by atoms with E-state index in [0.29, 0.717) is 0 Å². The predicted octanol–water partition coefficient (Wildman–Crippen LogP) is -0.472. The minimum atomic E-state index is -4.81. The van der Waals surface area contributed by atoms with Gasteiger partial charge in [-0.2, -0.15) is 13.0 Å². The molecule has 0 radical (unpaired) electrons. The smallest absolute Gasteiger partial charge is 0.362 e. The third-order valence-corrected chi connectivity index (χ3v) is 6.97. The summed E-state index contributed by atoms with van der Waals surface area (Å²) in [5.74, 6) is -3.28. The molecule has 206 valence electrons. The van der Waals surface area contributed by atoms with E-state index in [4.69, 9.17) is 19.9 Å². The van der Waals surface area contributed by atoms with Crippen molar-refractivity contribution in [3.8, 4) is 0 Å². The number of nitrogens with zero attached hydrogens (tertiary/aromatic N) is 6. The zero-order valence-corrected chi connectivity index (χ0v) is 21.8. The molecule has 1 fully saturated rings. The van der Waals surface area contributed by atoms with Crippen LogP contribution in [0.1, 0.15) is 38.5 Å². The lowest BCUT2D eigenvalue weighted by molar-refractivity contribution is -0.393. The fraction of sp³-hybridized carbons (Fsp3) is 0.444. The largest absolute Gasteiger partial charge is 0.419 e. The molecule has 2 aromatic heterocycles. The molecule has 0 aromatic carbocycles. The Bertz CT molecular complexity index is 1420. The lowest BCUT2D eigenvalue weighted by atomic mass is 10.0. The number of rotatable bonds is 10. The van der Waals surface area contributed by atoms with E-state index in [9.17, 15) is 32.9 Å². The van der Waals surface area contributed by atoms with Gasteiger partial charge in [0.2, 0.25) is 12.3 Å². The molecule has 2 aromatic rings. The first-order chi connectivity index (χ1) is 17.6. The molecule has 20 heteroatoms. The third kappa shape index (κ3) is 5.70. The van der Waals surface area contributed by atoms with Gasteiger partial charge >= 0.3 is 22.1 Å². The number of carbonyl (C=O) groups excluding carboxylic acids is 3. The second-order valence-corrected chi connectivity index (χ2v) is 10.1. The van der Waals surface area contributed by atoms with Crippen molar-refractivity contribution in [3.63, 3.8) is 0 Å². The second-order valence-electron chi connectivity index (χ2n) is 7.89. The minimum Gasteiger partial charge on any atom is -0.419 e. The highest BCUT2D eigenvalue weighted by atomic mass is 32.2. The first-order valence-corrected chi connectivity index (χ1v) is 12.9. The van der Waals surface area contributed by atoms with E-state index in [1.807, 2.05) is 0 Å². The lowest BCUT2D eigenvalue weighted by Gasteiger charge is -2.42. The van der Waals surface area contributed by atoms with Gasteiger partial charge in [0.1, 0.15) is 17.9 Å². The highest BCUT2D eigenvalue weighted by Crippen LogP contribution is 2.24. The Morgan fingerprint density at radius 1 is 1.39 bits per heavy atom. The maximum Gasteiger partial charge on any atom is 0.362 e. The van der Waals surface area contributed by atoms with Crippen LogP contribution in [0.25, 0.3) is 0 Å². The molecule has 1 saturated heterocycles. The number of oxime groups is 1. The van der Waals surface area contributed by atoms with Crippen LogP contribution in [0.2, 0.25) is 0 Å². The predicted molar refractivity (Wildman–Crippen MR) is 128 cm³/mol. The highest BCUT2D eigenvalue weighted by molar-refractivity contribution is 7.84. The topological polar surface area (TPSA) is 252 Å². The molecule has 1 aliphatic heterocycles. The van der Waals surface area contributed by atoms with Crippen molar-refractivity contribution in [3.05, 3.63) is 33.2 Å². The van der Waals surface area contributed by atoms with Crippen molar-refractivity contribution < 1.29 is 41.9 Å². The Labute approximate surface area is 218 Å². The van der Waals surface area contributed by atoms with Crippen molar-refractivity contribution in [2.24, 2.45) is 5.16 Å². The van der Waals surface area contributed by atoms with E-state index in [2.05, 4.69) is 20.4 Å². The number of aryl methyl sites for hydroxylation is 1. The van der Waals surface area contributed by atoms with Gasteiger partial charge in [0.25, 0.3) is 11.8 Å². The molecule has 18 nitrogen and oxygen atoms in total. The molecule has 1 aliphatic rings. The van der Waals surface area contributed by atoms with Crippen molar-refractivity contribution in [1.29, 1.82) is 0 Å². The molecule has 38 heavy (non-hydrogen) atoms. The summed E-state index contributed by atoms with van der Waals surface area (Å²) in [5.41, 5.74) is 5.03. The van der Waals surface area contributed by atoms with Crippen molar-refractivity contribution in [1.82, 2.24) is 24.2 Å². The van der Waals surface area contributed by atoms with Gasteiger partial charge in [0, 0.05) is 19.2 Å². The van der Waals surface area contributed by atoms with Crippen LogP contribution in [0.4, 0.5) is 10.9 Å². The number of hydrogen-bond donors (Lipinski definition) is 3. The van der Waals surface area contributed by atoms with Crippen molar-refractivity contribution in [2.75, 3.05) is 5.73 Å². The number of amides is 2. The van der Waals surface area contributed by atoms with Gasteiger partial charge in [0.15, 0.2) is 16.7 Å². The number of esters is 1. The summed E-state index contributed by atoms with van der Waals surface area (Å²) >= 11 is 0.953. The molecular formula is C18H22N8O10S2. The molecule has 3 heterocycles. The second kappa shape index (κ2) is 10.7. The first-order valence-electron chi connectivity index (χ1n) is 10.6. The monoisotopic (exact) mass is 574 g/mol. The summed E-state index contributed by atoms with van der Waals surface area (Å²) < 4.78 is 38.2. The Morgan fingerprint density at radius 2 is 2.05 bits per heavy atom. The molecule has 0 saturated carbocycles. The van der Waals surface area contributed by atoms with Crippen molar-refractivity contribution in [2.45, 2.75) is 52.1 Å². The van der Waals surface area contributed by atoms with Crippen LogP contribution in [0, 0.1) is 17.0 Å². The van der Waals surface area contributed by atoms with Gasteiger partial charge in [-0.15, -0.1) is 11.3 Å². The van der Waals surface area contributed by atoms with Crippen molar-refractivity contribution >= 4 is 56.1 Å². The molecule has 0 bridgehead atoms. The van der Waals surface area contributed by atoms with Crippen LogP contribution in [0.5, 0.6) is 0 Å². The molecule has 0 spiro atoms. The normalized spacial score (nSPS) is 19.3. The van der Waals surface area contributed by atoms with Gasteiger partial charge in [0.05, 0.1) is 6.04 Å². The number of imidazole rings is 1. The molecule has 2 unspecified atom stereocenters. The number of aromatic nitrogens is 3. The van der Waals surface area contributed by atoms with Crippen LogP contribution in [-0.2, 0) is 34.3 Å². The Morgan fingerprint density at radius 3 is 2.58 bits per heavy atom. The van der Waals surface area contributed by atoms with Gasteiger partial charge < -0.3 is 30.7 Å². The maximum absolute atomic E-state index is 12.9. The van der Waals surface area contributed by atoms with Gasteiger partial charge in [-0.25, -0.2) is 19.1 Å².